The number of carboxylic acid groups (broad SMARTS) is 1. The number of imidazole rings is 1. The first-order valence-electron chi connectivity index (χ1n) is 10.6. The van der Waals surface area contributed by atoms with Gasteiger partial charge in [-0.25, -0.2) is 19.7 Å². The second kappa shape index (κ2) is 7.96. The Hall–Kier alpha value is -3.94. The van der Waals surface area contributed by atoms with Crippen LogP contribution in [0.25, 0.3) is 17.0 Å². The average Bonchev–Trinajstić information content (AvgIpc) is 3.25. The lowest BCUT2D eigenvalue weighted by Crippen LogP contribution is -2.57. The minimum Gasteiger partial charge on any atom is -0.480 e. The van der Waals surface area contributed by atoms with Crippen LogP contribution in [0, 0.1) is 13.8 Å². The molecule has 0 saturated carbocycles. The number of hydrogen-bond acceptors (Lipinski definition) is 6. The van der Waals surface area contributed by atoms with E-state index in [4.69, 9.17) is 4.98 Å². The number of fused-ring (bicyclic) bond motifs is 1. The van der Waals surface area contributed by atoms with E-state index in [2.05, 4.69) is 14.9 Å². The van der Waals surface area contributed by atoms with Crippen molar-refractivity contribution < 1.29 is 9.90 Å². The van der Waals surface area contributed by atoms with Gasteiger partial charge in [0.25, 0.3) is 0 Å². The molecule has 1 aliphatic heterocycles. The number of carboxylic acids is 1. The lowest BCUT2D eigenvalue weighted by atomic mass is 10.1. The minimum atomic E-state index is -0.862. The van der Waals surface area contributed by atoms with Crippen LogP contribution in [-0.2, 0) is 4.79 Å². The number of aromatic nitrogens is 4. The smallest absolute Gasteiger partial charge is 0.328 e. The van der Waals surface area contributed by atoms with Crippen LogP contribution < -0.4 is 9.80 Å². The van der Waals surface area contributed by atoms with Crippen LogP contribution >= 0.6 is 0 Å². The molecule has 3 aromatic heterocycles. The fourth-order valence-corrected chi connectivity index (χ4v) is 4.25. The number of piperazine rings is 1. The predicted molar refractivity (Wildman–Crippen MR) is 123 cm³/mol. The lowest BCUT2D eigenvalue weighted by Gasteiger charge is -2.41. The molecule has 0 amide bonds. The average molecular weight is 428 g/mol. The van der Waals surface area contributed by atoms with Crippen molar-refractivity contribution in [1.82, 2.24) is 19.4 Å². The van der Waals surface area contributed by atoms with Gasteiger partial charge < -0.3 is 19.3 Å². The maximum absolute atomic E-state index is 12.2. The number of carbonyl (C=O) groups is 1. The van der Waals surface area contributed by atoms with E-state index in [1.807, 2.05) is 78.0 Å². The number of aryl methyl sites for hydroxylation is 2. The summed E-state index contributed by atoms with van der Waals surface area (Å²) >= 11 is 0. The first-order valence-corrected chi connectivity index (χ1v) is 10.6. The quantitative estimate of drug-likeness (QED) is 0.534. The number of para-hydroxylation sites is 1. The molecule has 1 aliphatic rings. The summed E-state index contributed by atoms with van der Waals surface area (Å²) in [5.41, 5.74) is 4.60. The molecule has 8 heteroatoms. The topological polar surface area (TPSA) is 86.9 Å². The Kier molecular flexibility index (Phi) is 4.97. The van der Waals surface area contributed by atoms with Crippen molar-refractivity contribution in [3.05, 3.63) is 72.3 Å². The van der Waals surface area contributed by atoms with Crippen molar-refractivity contribution in [2.45, 2.75) is 19.9 Å². The Balaban J connectivity index is 1.50. The van der Waals surface area contributed by atoms with Crippen LogP contribution in [0.2, 0.25) is 0 Å². The van der Waals surface area contributed by atoms with Gasteiger partial charge >= 0.3 is 5.97 Å². The van der Waals surface area contributed by atoms with Crippen LogP contribution in [0.15, 0.2) is 61.1 Å². The summed E-state index contributed by atoms with van der Waals surface area (Å²) in [7, 11) is 0. The van der Waals surface area contributed by atoms with E-state index in [1.54, 1.807) is 6.20 Å². The van der Waals surface area contributed by atoms with Gasteiger partial charge in [-0.2, -0.15) is 0 Å². The molecule has 1 fully saturated rings. The fourth-order valence-electron chi connectivity index (χ4n) is 4.25. The standard InChI is InChI=1S/C24H24N6O2/c1-16-12-21-25-8-9-29(21)14-19(16)23-26-17(2)13-22(27-23)30-11-10-28(15-20(30)24(31)32)18-6-4-3-5-7-18/h3-9,12-14,20H,10-11,15H2,1-2H3,(H,31,32). The Labute approximate surface area is 185 Å². The maximum atomic E-state index is 12.2. The van der Waals surface area contributed by atoms with E-state index < -0.39 is 12.0 Å². The van der Waals surface area contributed by atoms with Gasteiger partial charge in [0.2, 0.25) is 0 Å². The van der Waals surface area contributed by atoms with Crippen LogP contribution in [0.1, 0.15) is 11.3 Å². The second-order valence-corrected chi connectivity index (χ2v) is 8.08. The van der Waals surface area contributed by atoms with Gasteiger partial charge in [0.15, 0.2) is 5.82 Å². The Bertz CT molecular complexity index is 1290. The summed E-state index contributed by atoms with van der Waals surface area (Å²) < 4.78 is 1.94. The minimum absolute atomic E-state index is 0.387. The first kappa shape index (κ1) is 20.0. The summed E-state index contributed by atoms with van der Waals surface area (Å²) in [6, 6.07) is 13.1. The third kappa shape index (κ3) is 3.64. The third-order valence-corrected chi connectivity index (χ3v) is 5.90. The van der Waals surface area contributed by atoms with Gasteiger partial charge in [-0.3, -0.25) is 0 Å². The summed E-state index contributed by atoms with van der Waals surface area (Å²) in [6.45, 7) is 5.58. The molecule has 32 heavy (non-hydrogen) atoms. The molecule has 1 aromatic carbocycles. The van der Waals surface area contributed by atoms with Gasteiger partial charge in [0, 0.05) is 61.2 Å². The first-order chi connectivity index (χ1) is 15.5. The van der Waals surface area contributed by atoms with E-state index in [0.717, 1.165) is 28.2 Å². The molecular formula is C24H24N6O2. The highest BCUT2D eigenvalue weighted by atomic mass is 16.4. The summed E-state index contributed by atoms with van der Waals surface area (Å²) in [5, 5.41) is 10.0. The molecule has 4 heterocycles. The van der Waals surface area contributed by atoms with E-state index in [1.165, 1.54) is 0 Å². The molecule has 0 radical (unpaired) electrons. The third-order valence-electron chi connectivity index (χ3n) is 5.90. The van der Waals surface area contributed by atoms with Crippen molar-refractivity contribution in [1.29, 1.82) is 0 Å². The molecule has 4 aromatic rings. The highest BCUT2D eigenvalue weighted by molar-refractivity contribution is 5.80. The molecular weight excluding hydrogens is 404 g/mol. The Morgan fingerprint density at radius 1 is 1.09 bits per heavy atom. The summed E-state index contributed by atoms with van der Waals surface area (Å²) in [4.78, 5) is 30.0. The summed E-state index contributed by atoms with van der Waals surface area (Å²) in [6.07, 6.45) is 5.61. The van der Waals surface area contributed by atoms with Crippen LogP contribution in [0.4, 0.5) is 11.5 Å². The molecule has 1 unspecified atom stereocenters. The van der Waals surface area contributed by atoms with Crippen molar-refractivity contribution in [2.75, 3.05) is 29.4 Å². The normalized spacial score (nSPS) is 16.5. The van der Waals surface area contributed by atoms with Gasteiger partial charge in [-0.1, -0.05) is 18.2 Å². The molecule has 0 bridgehead atoms. The number of rotatable bonds is 4. The molecule has 1 N–H and O–H groups in total. The van der Waals surface area contributed by atoms with Gasteiger partial charge in [0.1, 0.15) is 17.5 Å². The number of pyridine rings is 1. The zero-order chi connectivity index (χ0) is 22.2. The maximum Gasteiger partial charge on any atom is 0.328 e. The highest BCUT2D eigenvalue weighted by Gasteiger charge is 2.33. The van der Waals surface area contributed by atoms with Crippen LogP contribution in [0.5, 0.6) is 0 Å². The Morgan fingerprint density at radius 2 is 1.91 bits per heavy atom. The number of anilines is 2. The van der Waals surface area contributed by atoms with E-state index in [9.17, 15) is 9.90 Å². The van der Waals surface area contributed by atoms with Crippen LogP contribution in [0.3, 0.4) is 0 Å². The van der Waals surface area contributed by atoms with Crippen LogP contribution in [-0.4, -0.2) is 56.1 Å². The zero-order valence-corrected chi connectivity index (χ0v) is 18.0. The summed E-state index contributed by atoms with van der Waals surface area (Å²) in [5.74, 6) is 0.361. The van der Waals surface area contributed by atoms with E-state index in [-0.39, 0.29) is 0 Å². The molecule has 0 spiro atoms. The lowest BCUT2D eigenvalue weighted by molar-refractivity contribution is -0.138. The monoisotopic (exact) mass is 428 g/mol. The van der Waals surface area contributed by atoms with E-state index >= 15 is 0 Å². The number of nitrogens with zero attached hydrogens (tertiary/aromatic N) is 6. The molecule has 1 atom stereocenters. The number of aliphatic carboxylic acids is 1. The van der Waals surface area contributed by atoms with Gasteiger partial charge in [-0.05, 0) is 37.6 Å². The number of benzene rings is 1. The second-order valence-electron chi connectivity index (χ2n) is 8.08. The molecule has 0 aliphatic carbocycles. The van der Waals surface area contributed by atoms with Gasteiger partial charge in [-0.15, -0.1) is 0 Å². The molecule has 162 valence electrons. The molecule has 5 rings (SSSR count). The number of hydrogen-bond donors (Lipinski definition) is 1. The molecule has 8 nitrogen and oxygen atoms in total. The highest BCUT2D eigenvalue weighted by Crippen LogP contribution is 2.27. The molecule has 1 saturated heterocycles. The van der Waals surface area contributed by atoms with E-state index in [0.29, 0.717) is 31.3 Å². The van der Waals surface area contributed by atoms with Crippen molar-refractivity contribution in [2.24, 2.45) is 0 Å². The SMILES string of the molecule is Cc1cc(N2CCN(c3ccccc3)CC2C(=O)O)nc(-c2cn3ccnc3cc2C)n1. The predicted octanol–water partition coefficient (Wildman–Crippen LogP) is 3.19. The van der Waals surface area contributed by atoms with Crippen molar-refractivity contribution >= 4 is 23.1 Å². The fraction of sp³-hybridized carbons (Fsp3) is 0.250. The largest absolute Gasteiger partial charge is 0.480 e. The zero-order valence-electron chi connectivity index (χ0n) is 18.0. The van der Waals surface area contributed by atoms with Crippen molar-refractivity contribution in [3.8, 4) is 11.4 Å². The van der Waals surface area contributed by atoms with Gasteiger partial charge in [0.05, 0.1) is 0 Å². The van der Waals surface area contributed by atoms with Crippen molar-refractivity contribution in [3.63, 3.8) is 0 Å². The Morgan fingerprint density at radius 3 is 2.69 bits per heavy atom.